The molecule has 0 atom stereocenters. The predicted octanol–water partition coefficient (Wildman–Crippen LogP) is 4.34. The van der Waals surface area contributed by atoms with Crippen LogP contribution >= 0.6 is 11.6 Å². The Morgan fingerprint density at radius 3 is 2.45 bits per heavy atom. The molecule has 160 valence electrons. The normalized spacial score (nSPS) is 15.6. The van der Waals surface area contributed by atoms with E-state index in [1.54, 1.807) is 29.2 Å². The van der Waals surface area contributed by atoms with Crippen LogP contribution in [0.15, 0.2) is 48.5 Å². The quantitative estimate of drug-likeness (QED) is 0.376. The third kappa shape index (κ3) is 5.49. The van der Waals surface area contributed by atoms with Crippen LogP contribution in [0.3, 0.4) is 0 Å². The number of carbonyl (C=O) groups is 2. The maximum Gasteiger partial charge on any atom is 0.288 e. The van der Waals surface area contributed by atoms with Gasteiger partial charge in [-0.05, 0) is 61.1 Å². The lowest BCUT2D eigenvalue weighted by molar-refractivity contribution is -0.384. The summed E-state index contributed by atoms with van der Waals surface area (Å²) in [5, 5.41) is 14.1. The SMILES string of the molecule is O=C(NC1CC1)c1ccc(CN(C(=O)/C=C/c2ccc(Cl)c([N+](=O)[O-])c2)C2CC2)cc1. The van der Waals surface area contributed by atoms with Gasteiger partial charge >= 0.3 is 0 Å². The largest absolute Gasteiger partial charge is 0.349 e. The molecule has 2 aliphatic carbocycles. The first-order chi connectivity index (χ1) is 14.9. The summed E-state index contributed by atoms with van der Waals surface area (Å²) < 4.78 is 0. The zero-order valence-electron chi connectivity index (χ0n) is 16.8. The highest BCUT2D eigenvalue weighted by molar-refractivity contribution is 6.32. The molecule has 2 aromatic rings. The van der Waals surface area contributed by atoms with Gasteiger partial charge in [0.25, 0.3) is 11.6 Å². The number of rotatable bonds is 8. The molecule has 1 N–H and O–H groups in total. The van der Waals surface area contributed by atoms with Crippen LogP contribution in [0.4, 0.5) is 5.69 Å². The first-order valence-electron chi connectivity index (χ1n) is 10.2. The summed E-state index contributed by atoms with van der Waals surface area (Å²) in [6, 6.07) is 12.2. The average Bonchev–Trinajstić information content (AvgIpc) is 3.66. The lowest BCUT2D eigenvalue weighted by atomic mass is 10.1. The van der Waals surface area contributed by atoms with Gasteiger partial charge in [-0.2, -0.15) is 0 Å². The van der Waals surface area contributed by atoms with E-state index in [4.69, 9.17) is 11.6 Å². The van der Waals surface area contributed by atoms with Crippen LogP contribution in [-0.2, 0) is 11.3 Å². The van der Waals surface area contributed by atoms with Gasteiger partial charge in [0.05, 0.1) is 4.92 Å². The summed E-state index contributed by atoms with van der Waals surface area (Å²) in [7, 11) is 0. The van der Waals surface area contributed by atoms with Crippen molar-refractivity contribution in [3.8, 4) is 0 Å². The van der Waals surface area contributed by atoms with Gasteiger partial charge in [0.2, 0.25) is 5.91 Å². The van der Waals surface area contributed by atoms with Gasteiger partial charge in [-0.3, -0.25) is 19.7 Å². The van der Waals surface area contributed by atoms with E-state index < -0.39 is 4.92 Å². The smallest absolute Gasteiger partial charge is 0.288 e. The number of nitrogens with one attached hydrogen (secondary N) is 1. The van der Waals surface area contributed by atoms with E-state index in [9.17, 15) is 19.7 Å². The van der Waals surface area contributed by atoms with Gasteiger partial charge in [-0.1, -0.05) is 29.8 Å². The number of hydrogen-bond acceptors (Lipinski definition) is 4. The Kier molecular flexibility index (Phi) is 6.04. The van der Waals surface area contributed by atoms with E-state index in [1.807, 2.05) is 12.1 Å². The second kappa shape index (κ2) is 8.89. The van der Waals surface area contributed by atoms with Crippen molar-refractivity contribution in [2.24, 2.45) is 0 Å². The van der Waals surface area contributed by atoms with Gasteiger partial charge in [0, 0.05) is 36.3 Å². The number of nitrogens with zero attached hydrogens (tertiary/aromatic N) is 2. The van der Waals surface area contributed by atoms with Crippen molar-refractivity contribution in [3.63, 3.8) is 0 Å². The van der Waals surface area contributed by atoms with E-state index in [-0.39, 0.29) is 28.6 Å². The van der Waals surface area contributed by atoms with Crippen molar-refractivity contribution in [1.29, 1.82) is 0 Å². The molecule has 31 heavy (non-hydrogen) atoms. The Morgan fingerprint density at radius 2 is 1.84 bits per heavy atom. The molecule has 0 aromatic heterocycles. The van der Waals surface area contributed by atoms with Gasteiger partial charge in [-0.15, -0.1) is 0 Å². The first-order valence-corrected chi connectivity index (χ1v) is 10.6. The average molecular weight is 440 g/mol. The molecule has 4 rings (SSSR count). The minimum atomic E-state index is -0.549. The minimum absolute atomic E-state index is 0.0577. The van der Waals surface area contributed by atoms with Crippen molar-refractivity contribution in [2.45, 2.75) is 44.3 Å². The molecule has 7 nitrogen and oxygen atoms in total. The maximum atomic E-state index is 12.8. The van der Waals surface area contributed by atoms with Crippen LogP contribution in [0.1, 0.15) is 47.2 Å². The molecule has 0 radical (unpaired) electrons. The zero-order valence-corrected chi connectivity index (χ0v) is 17.5. The van der Waals surface area contributed by atoms with Crippen LogP contribution in [0.25, 0.3) is 6.08 Å². The lowest BCUT2D eigenvalue weighted by Gasteiger charge is -2.21. The van der Waals surface area contributed by atoms with E-state index in [0.717, 1.165) is 31.2 Å². The minimum Gasteiger partial charge on any atom is -0.349 e. The van der Waals surface area contributed by atoms with Gasteiger partial charge in [0.1, 0.15) is 5.02 Å². The molecule has 8 heteroatoms. The molecule has 0 bridgehead atoms. The van der Waals surface area contributed by atoms with Crippen molar-refractivity contribution < 1.29 is 14.5 Å². The Balaban J connectivity index is 1.42. The van der Waals surface area contributed by atoms with E-state index in [0.29, 0.717) is 23.7 Å². The molecule has 0 spiro atoms. The molecule has 2 fully saturated rings. The molecule has 0 heterocycles. The number of hydrogen-bond donors (Lipinski definition) is 1. The summed E-state index contributed by atoms with van der Waals surface area (Å²) in [6.07, 6.45) is 6.98. The number of benzene rings is 2. The van der Waals surface area contributed by atoms with Crippen molar-refractivity contribution >= 4 is 35.2 Å². The van der Waals surface area contributed by atoms with Crippen LogP contribution in [0.2, 0.25) is 5.02 Å². The van der Waals surface area contributed by atoms with Crippen molar-refractivity contribution in [2.75, 3.05) is 0 Å². The molecule has 0 saturated heterocycles. The topological polar surface area (TPSA) is 92.6 Å². The third-order valence-corrected chi connectivity index (χ3v) is 5.66. The number of nitro benzene ring substituents is 1. The van der Waals surface area contributed by atoms with E-state index in [2.05, 4.69) is 5.32 Å². The van der Waals surface area contributed by atoms with E-state index >= 15 is 0 Å². The molecule has 2 aliphatic rings. The standard InChI is InChI=1S/C23H22ClN3O4/c24-20-11-3-15(13-21(20)27(30)31)4-12-22(28)26(19-9-10-19)14-16-1-5-17(6-2-16)23(29)25-18-7-8-18/h1-6,11-13,18-19H,7-10,14H2,(H,25,29)/b12-4+. The second-order valence-electron chi connectivity index (χ2n) is 7.94. The second-order valence-corrected chi connectivity index (χ2v) is 8.35. The van der Waals surface area contributed by atoms with Crippen LogP contribution in [0, 0.1) is 10.1 Å². The summed E-state index contributed by atoms with van der Waals surface area (Å²) in [6.45, 7) is 0.444. The van der Waals surface area contributed by atoms with Gasteiger partial charge < -0.3 is 10.2 Å². The van der Waals surface area contributed by atoms with Gasteiger partial charge in [-0.25, -0.2) is 0 Å². The summed E-state index contributed by atoms with van der Waals surface area (Å²) in [5.74, 6) is -0.222. The Hall–Kier alpha value is -3.19. The number of amides is 2. The molecule has 2 aromatic carbocycles. The van der Waals surface area contributed by atoms with Gasteiger partial charge in [0.15, 0.2) is 0 Å². The molecule has 0 aliphatic heterocycles. The summed E-state index contributed by atoms with van der Waals surface area (Å²) in [4.78, 5) is 37.2. The fraction of sp³-hybridized carbons (Fsp3) is 0.304. The Morgan fingerprint density at radius 1 is 1.13 bits per heavy atom. The van der Waals surface area contributed by atoms with Crippen molar-refractivity contribution in [1.82, 2.24) is 10.2 Å². The lowest BCUT2D eigenvalue weighted by Crippen LogP contribution is -2.31. The molecular weight excluding hydrogens is 418 g/mol. The van der Waals surface area contributed by atoms with Crippen LogP contribution in [-0.4, -0.2) is 33.7 Å². The summed E-state index contributed by atoms with van der Waals surface area (Å²) in [5.41, 5.74) is 1.90. The Bertz CT molecular complexity index is 1040. The number of carbonyl (C=O) groups excluding carboxylic acids is 2. The molecule has 2 amide bonds. The fourth-order valence-corrected chi connectivity index (χ4v) is 3.45. The first kappa shape index (κ1) is 21.1. The van der Waals surface area contributed by atoms with E-state index in [1.165, 1.54) is 18.2 Å². The third-order valence-electron chi connectivity index (χ3n) is 5.34. The zero-order chi connectivity index (χ0) is 22.0. The number of nitro groups is 1. The van der Waals surface area contributed by atoms with Crippen LogP contribution < -0.4 is 5.32 Å². The predicted molar refractivity (Wildman–Crippen MR) is 118 cm³/mol. The fourth-order valence-electron chi connectivity index (χ4n) is 3.26. The molecule has 2 saturated carbocycles. The number of halogens is 1. The summed E-state index contributed by atoms with van der Waals surface area (Å²) >= 11 is 5.84. The molecule has 0 unspecified atom stereocenters. The van der Waals surface area contributed by atoms with Crippen LogP contribution in [0.5, 0.6) is 0 Å². The monoisotopic (exact) mass is 439 g/mol. The molecular formula is C23H22ClN3O4. The highest BCUT2D eigenvalue weighted by Gasteiger charge is 2.31. The highest BCUT2D eigenvalue weighted by atomic mass is 35.5. The highest BCUT2D eigenvalue weighted by Crippen LogP contribution is 2.29. The maximum absolute atomic E-state index is 12.8. The Labute approximate surface area is 184 Å². The van der Waals surface area contributed by atoms with Crippen molar-refractivity contribution in [3.05, 3.63) is 80.4 Å².